The van der Waals surface area contributed by atoms with E-state index in [0.717, 1.165) is 12.0 Å². The lowest BCUT2D eigenvalue weighted by molar-refractivity contribution is -0.138. The van der Waals surface area contributed by atoms with E-state index in [1.807, 2.05) is 6.92 Å². The van der Waals surface area contributed by atoms with E-state index in [9.17, 15) is 29.4 Å². The lowest BCUT2D eigenvalue weighted by Crippen LogP contribution is -2.46. The molecule has 0 unspecified atom stereocenters. The van der Waals surface area contributed by atoms with Gasteiger partial charge in [0.25, 0.3) is 0 Å². The van der Waals surface area contributed by atoms with Crippen LogP contribution < -0.4 is 10.6 Å². The molecular weight excluding hydrogens is 388 g/mol. The van der Waals surface area contributed by atoms with E-state index in [1.54, 1.807) is 24.3 Å². The van der Waals surface area contributed by atoms with Crippen LogP contribution in [0, 0.1) is 5.41 Å². The maximum Gasteiger partial charge on any atom is 0.249 e. The fourth-order valence-corrected chi connectivity index (χ4v) is 2.58. The summed E-state index contributed by atoms with van der Waals surface area (Å²) in [4.78, 5) is 47.4. The number of nitrogens with one attached hydrogen (secondary N) is 2. The number of carbonyl (C=O) groups is 4. The van der Waals surface area contributed by atoms with Gasteiger partial charge in [-0.05, 0) is 30.5 Å². The molecular formula is C22H32N2O6. The number of aliphatic hydroxyl groups is 2. The number of ketones is 2. The van der Waals surface area contributed by atoms with Crippen molar-refractivity contribution in [1.29, 1.82) is 0 Å². The molecule has 0 fully saturated rings. The van der Waals surface area contributed by atoms with Gasteiger partial charge in [0.15, 0.2) is 11.6 Å². The van der Waals surface area contributed by atoms with Crippen LogP contribution in [0.5, 0.6) is 0 Å². The zero-order valence-corrected chi connectivity index (χ0v) is 17.9. The Kier molecular flexibility index (Phi) is 10.3. The van der Waals surface area contributed by atoms with Crippen molar-refractivity contribution >= 4 is 29.1 Å². The second-order valence-electron chi connectivity index (χ2n) is 7.93. The maximum atomic E-state index is 12.0. The minimum Gasteiger partial charge on any atom is -0.396 e. The summed E-state index contributed by atoms with van der Waals surface area (Å²) < 4.78 is 0. The van der Waals surface area contributed by atoms with Gasteiger partial charge < -0.3 is 20.8 Å². The van der Waals surface area contributed by atoms with E-state index in [1.165, 1.54) is 13.8 Å². The molecule has 166 valence electrons. The average Bonchev–Trinajstić information content (AvgIpc) is 2.72. The van der Waals surface area contributed by atoms with Crippen LogP contribution in [-0.4, -0.2) is 52.8 Å². The van der Waals surface area contributed by atoms with E-state index >= 15 is 0 Å². The largest absolute Gasteiger partial charge is 0.396 e. The summed E-state index contributed by atoms with van der Waals surface area (Å²) in [5, 5.41) is 24.2. The highest BCUT2D eigenvalue weighted by atomic mass is 16.3. The van der Waals surface area contributed by atoms with Crippen molar-refractivity contribution in [2.75, 3.05) is 18.5 Å². The second-order valence-corrected chi connectivity index (χ2v) is 7.93. The Morgan fingerprint density at radius 3 is 2.17 bits per heavy atom. The van der Waals surface area contributed by atoms with Gasteiger partial charge in [0.1, 0.15) is 6.10 Å². The highest BCUT2D eigenvalue weighted by Gasteiger charge is 2.32. The van der Waals surface area contributed by atoms with E-state index in [2.05, 4.69) is 10.6 Å². The van der Waals surface area contributed by atoms with Gasteiger partial charge in [0, 0.05) is 36.9 Å². The third-order valence-corrected chi connectivity index (χ3v) is 4.71. The van der Waals surface area contributed by atoms with Crippen LogP contribution in [0.1, 0.15) is 52.0 Å². The molecule has 4 N–H and O–H groups in total. The van der Waals surface area contributed by atoms with Crippen LogP contribution in [-0.2, 0) is 25.6 Å². The van der Waals surface area contributed by atoms with Gasteiger partial charge in [0.05, 0.1) is 6.61 Å². The second kappa shape index (κ2) is 12.2. The van der Waals surface area contributed by atoms with Gasteiger partial charge in [-0.3, -0.25) is 19.2 Å². The molecule has 0 aliphatic heterocycles. The first kappa shape index (κ1) is 25.5. The summed E-state index contributed by atoms with van der Waals surface area (Å²) in [6.07, 6.45) is 0.0992. The number of carbonyl (C=O) groups excluding carboxylic acids is 4. The molecule has 0 spiro atoms. The Hall–Kier alpha value is -2.58. The molecule has 30 heavy (non-hydrogen) atoms. The normalized spacial score (nSPS) is 12.2. The van der Waals surface area contributed by atoms with Crippen molar-refractivity contribution in [2.24, 2.45) is 5.41 Å². The van der Waals surface area contributed by atoms with Crippen LogP contribution in [0.4, 0.5) is 5.69 Å². The summed E-state index contributed by atoms with van der Waals surface area (Å²) in [5.41, 5.74) is 0.548. The van der Waals surface area contributed by atoms with Crippen molar-refractivity contribution in [2.45, 2.75) is 59.0 Å². The fourth-order valence-electron chi connectivity index (χ4n) is 2.58. The fraction of sp³-hybridized carbons (Fsp3) is 0.545. The summed E-state index contributed by atoms with van der Waals surface area (Å²) in [6.45, 7) is 4.57. The molecule has 2 amide bonds. The number of aliphatic hydroxyl groups excluding tert-OH is 2. The minimum atomic E-state index is -1.41. The smallest absolute Gasteiger partial charge is 0.249 e. The van der Waals surface area contributed by atoms with Crippen LogP contribution in [0.25, 0.3) is 0 Å². The average molecular weight is 421 g/mol. The molecule has 1 atom stereocenters. The van der Waals surface area contributed by atoms with Crippen LogP contribution in [0.2, 0.25) is 0 Å². The van der Waals surface area contributed by atoms with Crippen molar-refractivity contribution < 1.29 is 29.4 Å². The Morgan fingerprint density at radius 2 is 1.60 bits per heavy atom. The highest BCUT2D eigenvalue weighted by Crippen LogP contribution is 2.19. The van der Waals surface area contributed by atoms with Gasteiger partial charge >= 0.3 is 0 Å². The monoisotopic (exact) mass is 420 g/mol. The van der Waals surface area contributed by atoms with Gasteiger partial charge in [-0.15, -0.1) is 0 Å². The van der Waals surface area contributed by atoms with Crippen LogP contribution >= 0.6 is 0 Å². The van der Waals surface area contributed by atoms with E-state index in [4.69, 9.17) is 0 Å². The minimum absolute atomic E-state index is 0.0501. The Morgan fingerprint density at radius 1 is 1.00 bits per heavy atom. The van der Waals surface area contributed by atoms with Crippen LogP contribution in [0.15, 0.2) is 24.3 Å². The Balaban J connectivity index is 2.38. The number of hydrogen-bond acceptors (Lipinski definition) is 6. The van der Waals surface area contributed by atoms with Gasteiger partial charge in [0.2, 0.25) is 11.8 Å². The maximum absolute atomic E-state index is 12.0. The highest BCUT2D eigenvalue weighted by molar-refractivity contribution is 6.37. The van der Waals surface area contributed by atoms with Gasteiger partial charge in [-0.2, -0.15) is 0 Å². The number of aryl methyl sites for hydroxylation is 1. The molecule has 1 aromatic carbocycles. The standard InChI is InChI=1S/C22H32N2O6/c1-4-5-19(28)24-16-9-6-15(7-10-16)8-11-17(26)18(27)12-13-23-21(30)20(29)22(2,3)14-25/h6-7,9-10,20,25,29H,4-5,8,11-14H2,1-3H3,(H,23,30)(H,24,28)/t20-/m0/s1. The molecule has 1 rings (SSSR count). The van der Waals surface area contributed by atoms with Gasteiger partial charge in [-0.25, -0.2) is 0 Å². The summed E-state index contributed by atoms with van der Waals surface area (Å²) >= 11 is 0. The van der Waals surface area contributed by atoms with E-state index in [0.29, 0.717) is 18.5 Å². The summed E-state index contributed by atoms with van der Waals surface area (Å²) in [7, 11) is 0. The topological polar surface area (TPSA) is 133 Å². The predicted molar refractivity (Wildman–Crippen MR) is 113 cm³/mol. The number of anilines is 1. The van der Waals surface area contributed by atoms with E-state index in [-0.39, 0.29) is 31.9 Å². The molecule has 0 aliphatic rings. The first-order valence-electron chi connectivity index (χ1n) is 10.1. The zero-order valence-electron chi connectivity index (χ0n) is 17.9. The predicted octanol–water partition coefficient (Wildman–Crippen LogP) is 1.38. The summed E-state index contributed by atoms with van der Waals surface area (Å²) in [5.74, 6) is -1.86. The third-order valence-electron chi connectivity index (χ3n) is 4.71. The number of benzene rings is 1. The molecule has 0 saturated heterocycles. The Labute approximate surface area is 177 Å². The summed E-state index contributed by atoms with van der Waals surface area (Å²) in [6, 6.07) is 7.10. The lowest BCUT2D eigenvalue weighted by atomic mass is 9.87. The van der Waals surface area contributed by atoms with Gasteiger partial charge in [-0.1, -0.05) is 32.9 Å². The lowest BCUT2D eigenvalue weighted by Gasteiger charge is -2.27. The molecule has 0 aromatic heterocycles. The molecule has 1 aromatic rings. The third kappa shape index (κ3) is 8.42. The molecule has 0 bridgehead atoms. The van der Waals surface area contributed by atoms with Crippen molar-refractivity contribution in [1.82, 2.24) is 5.32 Å². The molecule has 8 nitrogen and oxygen atoms in total. The number of rotatable bonds is 13. The SMILES string of the molecule is CCCC(=O)Nc1ccc(CCC(=O)C(=O)CCNC(=O)[C@H](O)C(C)(C)CO)cc1. The number of hydrogen-bond donors (Lipinski definition) is 4. The molecule has 0 saturated carbocycles. The van der Waals surface area contributed by atoms with Crippen molar-refractivity contribution in [3.63, 3.8) is 0 Å². The van der Waals surface area contributed by atoms with Crippen molar-refractivity contribution in [3.05, 3.63) is 29.8 Å². The number of Topliss-reactive ketones (excluding diaryl/α,β-unsaturated/α-hetero) is 2. The Bertz CT molecular complexity index is 742. The molecule has 0 aliphatic carbocycles. The molecule has 0 radical (unpaired) electrons. The first-order chi connectivity index (χ1) is 14.1. The zero-order chi connectivity index (χ0) is 22.7. The quantitative estimate of drug-likeness (QED) is 0.356. The molecule has 8 heteroatoms. The first-order valence-corrected chi connectivity index (χ1v) is 10.1. The van der Waals surface area contributed by atoms with Crippen molar-refractivity contribution in [3.8, 4) is 0 Å². The number of amides is 2. The van der Waals surface area contributed by atoms with Crippen LogP contribution in [0.3, 0.4) is 0 Å². The van der Waals surface area contributed by atoms with E-state index < -0.39 is 29.0 Å². The molecule has 0 heterocycles.